The van der Waals surface area contributed by atoms with E-state index in [1.165, 1.54) is 25.0 Å². The average molecular weight is 339 g/mol. The summed E-state index contributed by atoms with van der Waals surface area (Å²) < 4.78 is 11.8. The average Bonchev–Trinajstić information content (AvgIpc) is 2.64. The molecule has 7 nitrogen and oxygen atoms in total. The summed E-state index contributed by atoms with van der Waals surface area (Å²) in [7, 11) is 3.05. The second-order valence-electron chi connectivity index (χ2n) is 5.29. The normalized spacial score (nSPS) is 10.5. The van der Waals surface area contributed by atoms with Crippen LogP contribution < -0.4 is 20.3 Å². The fourth-order valence-corrected chi connectivity index (χ4v) is 2.52. The summed E-state index contributed by atoms with van der Waals surface area (Å²) in [6.45, 7) is -0.137. The fourth-order valence-electron chi connectivity index (χ4n) is 2.52. The maximum absolute atomic E-state index is 12.5. The molecule has 0 unspecified atom stereocenters. The molecular formula is C18H17N3O4. The highest BCUT2D eigenvalue weighted by molar-refractivity contribution is 5.93. The van der Waals surface area contributed by atoms with Crippen molar-refractivity contribution in [2.75, 3.05) is 19.5 Å². The molecule has 0 fully saturated rings. The van der Waals surface area contributed by atoms with Gasteiger partial charge in [-0.2, -0.15) is 0 Å². The number of carbonyl (C=O) groups excluding carboxylic acids is 1. The van der Waals surface area contributed by atoms with E-state index in [2.05, 4.69) is 10.3 Å². The predicted molar refractivity (Wildman–Crippen MR) is 94.2 cm³/mol. The van der Waals surface area contributed by atoms with Gasteiger partial charge in [0.25, 0.3) is 5.56 Å². The third kappa shape index (κ3) is 3.45. The fraction of sp³-hybridized carbons (Fsp3) is 0.167. The second-order valence-corrected chi connectivity index (χ2v) is 5.29. The first-order valence-corrected chi connectivity index (χ1v) is 7.59. The van der Waals surface area contributed by atoms with Crippen LogP contribution in [0.4, 0.5) is 5.69 Å². The van der Waals surface area contributed by atoms with E-state index in [9.17, 15) is 9.59 Å². The SMILES string of the molecule is COc1ccc(OC)c(NC(=O)Cn2c(=O)cnc3ccccc32)c1. The molecule has 1 heterocycles. The van der Waals surface area contributed by atoms with Gasteiger partial charge in [0.1, 0.15) is 18.0 Å². The van der Waals surface area contributed by atoms with Crippen molar-refractivity contribution in [3.05, 3.63) is 59.0 Å². The first kappa shape index (κ1) is 16.5. The summed E-state index contributed by atoms with van der Waals surface area (Å²) in [5, 5.41) is 2.75. The molecule has 0 aliphatic heterocycles. The Labute approximate surface area is 143 Å². The molecule has 1 amide bonds. The molecule has 0 saturated heterocycles. The summed E-state index contributed by atoms with van der Waals surface area (Å²) in [6, 6.07) is 12.2. The minimum atomic E-state index is -0.356. The number of hydrogen-bond donors (Lipinski definition) is 1. The number of aromatic nitrogens is 2. The van der Waals surface area contributed by atoms with Crippen LogP contribution in [0.15, 0.2) is 53.5 Å². The molecular weight excluding hydrogens is 322 g/mol. The third-order valence-electron chi connectivity index (χ3n) is 3.74. The molecule has 0 atom stereocenters. The number of carbonyl (C=O) groups is 1. The highest BCUT2D eigenvalue weighted by Gasteiger charge is 2.12. The molecule has 0 aliphatic rings. The monoisotopic (exact) mass is 339 g/mol. The molecule has 1 N–H and O–H groups in total. The van der Waals surface area contributed by atoms with Crippen LogP contribution in [-0.4, -0.2) is 29.7 Å². The maximum atomic E-state index is 12.5. The number of nitrogens with zero attached hydrogens (tertiary/aromatic N) is 2. The highest BCUT2D eigenvalue weighted by Crippen LogP contribution is 2.28. The van der Waals surface area contributed by atoms with Crippen LogP contribution in [0, 0.1) is 0 Å². The first-order chi connectivity index (χ1) is 12.1. The Hall–Kier alpha value is -3.35. The van der Waals surface area contributed by atoms with Gasteiger partial charge in [0.2, 0.25) is 5.91 Å². The lowest BCUT2D eigenvalue weighted by atomic mass is 10.2. The highest BCUT2D eigenvalue weighted by atomic mass is 16.5. The topological polar surface area (TPSA) is 82.5 Å². The minimum absolute atomic E-state index is 0.137. The van der Waals surface area contributed by atoms with Gasteiger partial charge in [0.05, 0.1) is 37.1 Å². The van der Waals surface area contributed by atoms with Gasteiger partial charge in [-0.05, 0) is 24.3 Å². The van der Waals surface area contributed by atoms with Gasteiger partial charge in [0.15, 0.2) is 0 Å². The number of benzene rings is 2. The molecule has 3 aromatic rings. The van der Waals surface area contributed by atoms with Crippen molar-refractivity contribution in [2.24, 2.45) is 0 Å². The van der Waals surface area contributed by atoms with Crippen molar-refractivity contribution in [3.8, 4) is 11.5 Å². The van der Waals surface area contributed by atoms with Gasteiger partial charge in [-0.15, -0.1) is 0 Å². The van der Waals surface area contributed by atoms with Gasteiger partial charge in [-0.3, -0.25) is 14.2 Å². The van der Waals surface area contributed by atoms with Gasteiger partial charge >= 0.3 is 0 Å². The molecule has 0 radical (unpaired) electrons. The lowest BCUT2D eigenvalue weighted by Crippen LogP contribution is -2.28. The van der Waals surface area contributed by atoms with Gasteiger partial charge < -0.3 is 14.8 Å². The number of amides is 1. The van der Waals surface area contributed by atoms with E-state index in [0.29, 0.717) is 28.2 Å². The lowest BCUT2D eigenvalue weighted by Gasteiger charge is -2.13. The smallest absolute Gasteiger partial charge is 0.269 e. The van der Waals surface area contributed by atoms with Crippen LogP contribution in [0.3, 0.4) is 0 Å². The van der Waals surface area contributed by atoms with Crippen molar-refractivity contribution in [1.29, 1.82) is 0 Å². The number of ether oxygens (including phenoxy) is 2. The van der Waals surface area contributed by atoms with Gasteiger partial charge in [0, 0.05) is 6.07 Å². The molecule has 2 aromatic carbocycles. The summed E-state index contributed by atoms with van der Waals surface area (Å²) in [4.78, 5) is 28.7. The Morgan fingerprint density at radius 3 is 2.72 bits per heavy atom. The predicted octanol–water partition coefficient (Wildman–Crippen LogP) is 2.05. The number of hydrogen-bond acceptors (Lipinski definition) is 5. The Balaban J connectivity index is 1.89. The van der Waals surface area contributed by atoms with E-state index in [1.54, 1.807) is 36.4 Å². The van der Waals surface area contributed by atoms with Crippen molar-refractivity contribution in [2.45, 2.75) is 6.54 Å². The number of anilines is 1. The lowest BCUT2D eigenvalue weighted by molar-refractivity contribution is -0.116. The quantitative estimate of drug-likeness (QED) is 0.769. The van der Waals surface area contributed by atoms with E-state index in [0.717, 1.165) is 0 Å². The van der Waals surface area contributed by atoms with Crippen LogP contribution in [0.5, 0.6) is 11.5 Å². The molecule has 0 bridgehead atoms. The first-order valence-electron chi connectivity index (χ1n) is 7.59. The summed E-state index contributed by atoms with van der Waals surface area (Å²) in [6.07, 6.45) is 1.21. The Kier molecular flexibility index (Phi) is 4.65. The van der Waals surface area contributed by atoms with Crippen molar-refractivity contribution in [3.63, 3.8) is 0 Å². The van der Waals surface area contributed by atoms with Crippen LogP contribution in [0.25, 0.3) is 11.0 Å². The molecule has 0 aliphatic carbocycles. The maximum Gasteiger partial charge on any atom is 0.269 e. The van der Waals surface area contributed by atoms with E-state index >= 15 is 0 Å². The zero-order valence-corrected chi connectivity index (χ0v) is 13.9. The number of rotatable bonds is 5. The summed E-state index contributed by atoms with van der Waals surface area (Å²) >= 11 is 0. The van der Waals surface area contributed by atoms with E-state index in [1.807, 2.05) is 6.07 Å². The van der Waals surface area contributed by atoms with Crippen LogP contribution in [0.1, 0.15) is 0 Å². The van der Waals surface area contributed by atoms with Crippen molar-refractivity contribution >= 4 is 22.6 Å². The standard InChI is InChI=1S/C18H17N3O4/c1-24-12-7-8-16(25-2)14(9-12)20-17(22)11-21-15-6-4-3-5-13(15)19-10-18(21)23/h3-10H,11H2,1-2H3,(H,20,22). The molecule has 0 spiro atoms. The van der Waals surface area contributed by atoms with Crippen molar-refractivity contribution in [1.82, 2.24) is 9.55 Å². The molecule has 3 rings (SSSR count). The Morgan fingerprint density at radius 1 is 1.16 bits per heavy atom. The van der Waals surface area contributed by atoms with Gasteiger partial charge in [-0.25, -0.2) is 4.98 Å². The number of methoxy groups -OCH3 is 2. The number of nitrogens with one attached hydrogen (secondary N) is 1. The zero-order chi connectivity index (χ0) is 17.8. The number of fused-ring (bicyclic) bond motifs is 1. The van der Waals surface area contributed by atoms with E-state index in [-0.39, 0.29) is 18.0 Å². The van der Waals surface area contributed by atoms with Gasteiger partial charge in [-0.1, -0.05) is 12.1 Å². The van der Waals surface area contributed by atoms with Crippen molar-refractivity contribution < 1.29 is 14.3 Å². The number of para-hydroxylation sites is 2. The minimum Gasteiger partial charge on any atom is -0.497 e. The molecule has 128 valence electrons. The third-order valence-corrected chi connectivity index (χ3v) is 3.74. The van der Waals surface area contributed by atoms with Crippen LogP contribution in [0.2, 0.25) is 0 Å². The van der Waals surface area contributed by atoms with Crippen LogP contribution in [-0.2, 0) is 11.3 Å². The molecule has 0 saturated carbocycles. The Bertz CT molecular complexity index is 981. The largest absolute Gasteiger partial charge is 0.497 e. The summed E-state index contributed by atoms with van der Waals surface area (Å²) in [5.74, 6) is 0.730. The van der Waals surface area contributed by atoms with Crippen LogP contribution >= 0.6 is 0 Å². The molecule has 7 heteroatoms. The molecule has 1 aromatic heterocycles. The zero-order valence-electron chi connectivity index (χ0n) is 13.9. The molecule has 25 heavy (non-hydrogen) atoms. The summed E-state index contributed by atoms with van der Waals surface area (Å²) in [5.41, 5.74) is 1.38. The Morgan fingerprint density at radius 2 is 1.96 bits per heavy atom. The van der Waals surface area contributed by atoms with E-state index in [4.69, 9.17) is 9.47 Å². The van der Waals surface area contributed by atoms with E-state index < -0.39 is 0 Å². The second kappa shape index (κ2) is 7.04.